The zero-order valence-corrected chi connectivity index (χ0v) is 8.34. The number of carbonyl (C=O) groups is 1. The van der Waals surface area contributed by atoms with Crippen molar-refractivity contribution < 1.29 is 9.21 Å². The average Bonchev–Trinajstić information content (AvgIpc) is 2.62. The van der Waals surface area contributed by atoms with Gasteiger partial charge in [-0.2, -0.15) is 0 Å². The van der Waals surface area contributed by atoms with E-state index in [1.807, 2.05) is 5.43 Å². The van der Waals surface area contributed by atoms with E-state index in [4.69, 9.17) is 10.3 Å². The number of hydrogen-bond acceptors (Lipinski definition) is 5. The number of carbonyl (C=O) groups excluding carboxylic acids is 1. The number of aryl methyl sites for hydroxylation is 1. The molecular weight excluding hydrogens is 212 g/mol. The third-order valence-corrected chi connectivity index (χ3v) is 2.15. The van der Waals surface area contributed by atoms with Crippen LogP contribution in [0.2, 0.25) is 0 Å². The van der Waals surface area contributed by atoms with Gasteiger partial charge in [-0.1, -0.05) is 0 Å². The van der Waals surface area contributed by atoms with E-state index in [9.17, 15) is 9.59 Å². The van der Waals surface area contributed by atoms with E-state index in [-0.39, 0.29) is 18.9 Å². The van der Waals surface area contributed by atoms with Crippen LogP contribution in [0, 0.1) is 0 Å². The fourth-order valence-corrected chi connectivity index (χ4v) is 1.38. The van der Waals surface area contributed by atoms with Crippen LogP contribution in [0.25, 0.3) is 11.2 Å². The van der Waals surface area contributed by atoms with Crippen molar-refractivity contribution >= 4 is 17.1 Å². The number of oxazole rings is 1. The smallest absolute Gasteiger partial charge is 0.406 e. The highest BCUT2D eigenvalue weighted by Gasteiger charge is 2.10. The molecule has 0 aliphatic heterocycles. The third kappa shape index (κ3) is 1.80. The minimum absolute atomic E-state index is 0.0988. The van der Waals surface area contributed by atoms with Crippen LogP contribution in [-0.4, -0.2) is 15.5 Å². The Balaban J connectivity index is 2.33. The van der Waals surface area contributed by atoms with Gasteiger partial charge in [-0.15, -0.1) is 0 Å². The Labute approximate surface area is 89.8 Å². The van der Waals surface area contributed by atoms with Crippen LogP contribution in [-0.2, 0) is 11.3 Å². The second-order valence-electron chi connectivity index (χ2n) is 3.16. The van der Waals surface area contributed by atoms with E-state index >= 15 is 0 Å². The Morgan fingerprint density at radius 2 is 2.44 bits per heavy atom. The number of nitrogens with zero attached hydrogens (tertiary/aromatic N) is 2. The number of hydrogen-bond donors (Lipinski definition) is 2. The molecule has 1 amide bonds. The molecule has 84 valence electrons. The molecule has 0 bridgehead atoms. The van der Waals surface area contributed by atoms with E-state index in [2.05, 4.69) is 4.98 Å². The van der Waals surface area contributed by atoms with Crippen molar-refractivity contribution in [3.63, 3.8) is 0 Å². The molecule has 0 spiro atoms. The highest BCUT2D eigenvalue weighted by Crippen LogP contribution is 2.08. The maximum atomic E-state index is 11.4. The summed E-state index contributed by atoms with van der Waals surface area (Å²) in [6.45, 7) is 0.186. The van der Waals surface area contributed by atoms with Crippen molar-refractivity contribution in [3.05, 3.63) is 28.9 Å². The van der Waals surface area contributed by atoms with Crippen molar-refractivity contribution in [1.82, 2.24) is 15.0 Å². The molecule has 0 aliphatic rings. The second kappa shape index (κ2) is 4.15. The van der Waals surface area contributed by atoms with Crippen LogP contribution >= 0.6 is 0 Å². The van der Waals surface area contributed by atoms with Gasteiger partial charge < -0.3 is 4.42 Å². The van der Waals surface area contributed by atoms with Crippen molar-refractivity contribution in [1.29, 1.82) is 0 Å². The molecular formula is C9H10N4O3. The molecule has 0 atom stereocenters. The largest absolute Gasteiger partial charge is 0.421 e. The number of aromatic nitrogens is 2. The second-order valence-corrected chi connectivity index (χ2v) is 3.16. The van der Waals surface area contributed by atoms with Gasteiger partial charge in [0.05, 0.1) is 0 Å². The molecule has 0 aromatic carbocycles. The molecule has 0 radical (unpaired) electrons. The van der Waals surface area contributed by atoms with Crippen LogP contribution in [0.3, 0.4) is 0 Å². The summed E-state index contributed by atoms with van der Waals surface area (Å²) in [4.78, 5) is 26.4. The monoisotopic (exact) mass is 222 g/mol. The molecule has 2 rings (SSSR count). The zero-order valence-electron chi connectivity index (χ0n) is 8.34. The summed E-state index contributed by atoms with van der Waals surface area (Å²) in [6, 6.07) is 3.31. The highest BCUT2D eigenvalue weighted by atomic mass is 16.4. The lowest BCUT2D eigenvalue weighted by molar-refractivity contribution is -0.121. The van der Waals surface area contributed by atoms with Gasteiger partial charge >= 0.3 is 5.76 Å². The first-order valence-electron chi connectivity index (χ1n) is 4.66. The van der Waals surface area contributed by atoms with Gasteiger partial charge in [0.25, 0.3) is 0 Å². The van der Waals surface area contributed by atoms with E-state index < -0.39 is 5.76 Å². The number of hydrazine groups is 1. The molecule has 0 saturated carbocycles. The fraction of sp³-hybridized carbons (Fsp3) is 0.222. The van der Waals surface area contributed by atoms with E-state index in [1.54, 1.807) is 18.3 Å². The van der Waals surface area contributed by atoms with Crippen LogP contribution in [0.5, 0.6) is 0 Å². The van der Waals surface area contributed by atoms with Crippen LogP contribution < -0.4 is 17.0 Å². The lowest BCUT2D eigenvalue weighted by Crippen LogP contribution is -2.31. The minimum atomic E-state index is -0.529. The van der Waals surface area contributed by atoms with Gasteiger partial charge in [0.15, 0.2) is 11.2 Å². The number of rotatable bonds is 3. The summed E-state index contributed by atoms with van der Waals surface area (Å²) in [6.07, 6.45) is 1.65. The van der Waals surface area contributed by atoms with E-state index in [0.717, 1.165) is 0 Å². The molecule has 0 aliphatic carbocycles. The van der Waals surface area contributed by atoms with Crippen molar-refractivity contribution in [2.45, 2.75) is 13.0 Å². The predicted molar refractivity (Wildman–Crippen MR) is 55.2 cm³/mol. The standard InChI is InChI=1S/C9H10N4O3/c10-12-7(14)3-5-13-8-6(16-9(13)15)2-1-4-11-8/h1-2,4H,3,5,10H2,(H,12,14). The lowest BCUT2D eigenvalue weighted by Gasteiger charge is -2.00. The Kier molecular flexibility index (Phi) is 2.69. The lowest BCUT2D eigenvalue weighted by atomic mass is 10.4. The quantitative estimate of drug-likeness (QED) is 0.409. The Hall–Kier alpha value is -2.15. The minimum Gasteiger partial charge on any atom is -0.406 e. The normalized spacial score (nSPS) is 10.6. The summed E-state index contributed by atoms with van der Waals surface area (Å²) in [5, 5.41) is 0. The third-order valence-electron chi connectivity index (χ3n) is 2.15. The van der Waals surface area contributed by atoms with Gasteiger partial charge in [-0.3, -0.25) is 14.8 Å². The summed E-state index contributed by atoms with van der Waals surface area (Å²) in [7, 11) is 0. The van der Waals surface area contributed by atoms with Crippen LogP contribution in [0.15, 0.2) is 27.5 Å². The number of pyridine rings is 1. The van der Waals surface area contributed by atoms with Crippen molar-refractivity contribution in [3.8, 4) is 0 Å². The van der Waals surface area contributed by atoms with Gasteiger partial charge in [-0.05, 0) is 12.1 Å². The van der Waals surface area contributed by atoms with Gasteiger partial charge in [-0.25, -0.2) is 15.6 Å². The van der Waals surface area contributed by atoms with Crippen LogP contribution in [0.4, 0.5) is 0 Å². The maximum absolute atomic E-state index is 11.4. The van der Waals surface area contributed by atoms with Gasteiger partial charge in [0.1, 0.15) is 0 Å². The first-order chi connectivity index (χ1) is 7.72. The molecule has 16 heavy (non-hydrogen) atoms. The van der Waals surface area contributed by atoms with Gasteiger partial charge in [0, 0.05) is 19.2 Å². The molecule has 2 heterocycles. The van der Waals surface area contributed by atoms with Crippen molar-refractivity contribution in [2.24, 2.45) is 5.84 Å². The molecule has 0 unspecified atom stereocenters. The first kappa shape index (κ1) is 10.4. The fourth-order valence-electron chi connectivity index (χ4n) is 1.38. The topological polar surface area (TPSA) is 103 Å². The molecule has 0 saturated heterocycles. The Morgan fingerprint density at radius 1 is 1.62 bits per heavy atom. The molecule has 3 N–H and O–H groups in total. The number of nitrogens with one attached hydrogen (secondary N) is 1. The van der Waals surface area contributed by atoms with Crippen molar-refractivity contribution in [2.75, 3.05) is 0 Å². The van der Waals surface area contributed by atoms with E-state index in [1.165, 1.54) is 4.57 Å². The Morgan fingerprint density at radius 3 is 3.19 bits per heavy atom. The first-order valence-corrected chi connectivity index (χ1v) is 4.66. The van der Waals surface area contributed by atoms with Crippen LogP contribution in [0.1, 0.15) is 6.42 Å². The molecule has 2 aromatic heterocycles. The summed E-state index contributed by atoms with van der Waals surface area (Å²) >= 11 is 0. The number of fused-ring (bicyclic) bond motifs is 1. The SMILES string of the molecule is NNC(=O)CCn1c(=O)oc2cccnc21. The summed E-state index contributed by atoms with van der Waals surface area (Å²) < 4.78 is 6.24. The molecule has 0 fully saturated rings. The molecule has 7 heteroatoms. The Bertz CT molecular complexity index is 571. The number of nitrogens with two attached hydrogens (primary N) is 1. The summed E-state index contributed by atoms with van der Waals surface area (Å²) in [5.41, 5.74) is 2.82. The summed E-state index contributed by atoms with van der Waals surface area (Å²) in [5.74, 6) is 4.06. The average molecular weight is 222 g/mol. The highest BCUT2D eigenvalue weighted by molar-refractivity contribution is 5.75. The predicted octanol–water partition coefficient (Wildman–Crippen LogP) is -0.631. The number of amides is 1. The molecule has 7 nitrogen and oxygen atoms in total. The maximum Gasteiger partial charge on any atom is 0.421 e. The van der Waals surface area contributed by atoms with Gasteiger partial charge in [0.2, 0.25) is 5.91 Å². The zero-order chi connectivity index (χ0) is 11.5. The van der Waals surface area contributed by atoms with E-state index in [0.29, 0.717) is 11.2 Å². The molecule has 2 aromatic rings.